The molecule has 0 aromatic heterocycles. The summed E-state index contributed by atoms with van der Waals surface area (Å²) in [6, 6.07) is 11.4. The van der Waals surface area contributed by atoms with Crippen LogP contribution in [0.5, 0.6) is 11.5 Å². The smallest absolute Gasteiger partial charge is 0.256 e. The van der Waals surface area contributed by atoms with E-state index in [0.29, 0.717) is 23.7 Å². The van der Waals surface area contributed by atoms with Crippen molar-refractivity contribution < 1.29 is 14.3 Å². The molecule has 0 fully saturated rings. The van der Waals surface area contributed by atoms with Gasteiger partial charge in [0, 0.05) is 16.8 Å². The highest BCUT2D eigenvalue weighted by Gasteiger charge is 2.23. The highest BCUT2D eigenvalue weighted by Crippen LogP contribution is 2.39. The number of amides is 1. The standard InChI is InChI=1S/C18H16BrNO3/c1-3-23-17-14(19)9-11(10-16(17)22-2)8-13-12-6-4-5-7-15(12)20-18(13)21/h4-10H,3H2,1-2H3,(H,20,21)/b13-8-. The zero-order valence-corrected chi connectivity index (χ0v) is 14.4. The number of para-hydroxylation sites is 1. The van der Waals surface area contributed by atoms with Gasteiger partial charge in [0.15, 0.2) is 11.5 Å². The van der Waals surface area contributed by atoms with E-state index in [4.69, 9.17) is 9.47 Å². The second-order valence-electron chi connectivity index (χ2n) is 5.02. The third-order valence-corrected chi connectivity index (χ3v) is 4.15. The van der Waals surface area contributed by atoms with Crippen LogP contribution < -0.4 is 14.8 Å². The highest BCUT2D eigenvalue weighted by molar-refractivity contribution is 9.10. The average Bonchev–Trinajstić information content (AvgIpc) is 2.86. The summed E-state index contributed by atoms with van der Waals surface area (Å²) in [5.41, 5.74) is 3.24. The molecule has 1 heterocycles. The third-order valence-electron chi connectivity index (χ3n) is 3.56. The number of hydrogen-bond acceptors (Lipinski definition) is 3. The van der Waals surface area contributed by atoms with E-state index in [9.17, 15) is 4.79 Å². The minimum absolute atomic E-state index is 0.102. The molecule has 5 heteroatoms. The van der Waals surface area contributed by atoms with E-state index < -0.39 is 0 Å². The maximum Gasteiger partial charge on any atom is 0.256 e. The Morgan fingerprint density at radius 2 is 2.04 bits per heavy atom. The van der Waals surface area contributed by atoms with Gasteiger partial charge in [-0.1, -0.05) is 18.2 Å². The molecule has 0 radical (unpaired) electrons. The molecule has 0 saturated carbocycles. The fraction of sp³-hybridized carbons (Fsp3) is 0.167. The number of anilines is 1. The van der Waals surface area contributed by atoms with Crippen LogP contribution in [0.4, 0.5) is 5.69 Å². The Labute approximate surface area is 143 Å². The lowest BCUT2D eigenvalue weighted by molar-refractivity contribution is -0.110. The zero-order chi connectivity index (χ0) is 16.4. The molecule has 2 aromatic rings. The number of hydrogen-bond donors (Lipinski definition) is 1. The minimum atomic E-state index is -0.102. The summed E-state index contributed by atoms with van der Waals surface area (Å²) in [6.45, 7) is 2.47. The van der Waals surface area contributed by atoms with Crippen molar-refractivity contribution in [2.24, 2.45) is 0 Å². The highest BCUT2D eigenvalue weighted by atomic mass is 79.9. The average molecular weight is 374 g/mol. The first kappa shape index (κ1) is 15.6. The Balaban J connectivity index is 2.06. The SMILES string of the molecule is CCOc1c(Br)cc(/C=C2\C(=O)Nc3ccccc32)cc1OC. The molecule has 0 atom stereocenters. The van der Waals surface area contributed by atoms with Gasteiger partial charge < -0.3 is 14.8 Å². The van der Waals surface area contributed by atoms with E-state index in [1.54, 1.807) is 7.11 Å². The maximum atomic E-state index is 12.2. The van der Waals surface area contributed by atoms with Crippen LogP contribution in [-0.2, 0) is 4.79 Å². The summed E-state index contributed by atoms with van der Waals surface area (Å²) in [7, 11) is 1.60. The summed E-state index contributed by atoms with van der Waals surface area (Å²) >= 11 is 3.50. The molecule has 23 heavy (non-hydrogen) atoms. The van der Waals surface area contributed by atoms with E-state index in [1.807, 2.05) is 49.4 Å². The summed E-state index contributed by atoms with van der Waals surface area (Å²) in [5, 5.41) is 2.87. The van der Waals surface area contributed by atoms with Crippen molar-refractivity contribution >= 4 is 39.2 Å². The molecule has 4 nitrogen and oxygen atoms in total. The Kier molecular flexibility index (Phi) is 4.39. The molecule has 2 aromatic carbocycles. The fourth-order valence-electron chi connectivity index (χ4n) is 2.56. The first-order valence-electron chi connectivity index (χ1n) is 7.26. The Morgan fingerprint density at radius 1 is 1.26 bits per heavy atom. The summed E-state index contributed by atoms with van der Waals surface area (Å²) in [6.07, 6.45) is 1.85. The van der Waals surface area contributed by atoms with Gasteiger partial charge in [0.1, 0.15) is 0 Å². The van der Waals surface area contributed by atoms with Crippen molar-refractivity contribution in [1.82, 2.24) is 0 Å². The molecule has 3 rings (SSSR count). The van der Waals surface area contributed by atoms with Gasteiger partial charge in [-0.2, -0.15) is 0 Å². The van der Waals surface area contributed by atoms with Crippen LogP contribution in [0.1, 0.15) is 18.1 Å². The van der Waals surface area contributed by atoms with Gasteiger partial charge in [-0.15, -0.1) is 0 Å². The predicted octanol–water partition coefficient (Wildman–Crippen LogP) is 4.35. The van der Waals surface area contributed by atoms with Crippen molar-refractivity contribution in [3.8, 4) is 11.5 Å². The van der Waals surface area contributed by atoms with Crippen LogP contribution in [0, 0.1) is 0 Å². The molecular weight excluding hydrogens is 358 g/mol. The number of benzene rings is 2. The second-order valence-corrected chi connectivity index (χ2v) is 5.88. The molecule has 1 aliphatic rings. The van der Waals surface area contributed by atoms with E-state index in [-0.39, 0.29) is 5.91 Å². The Morgan fingerprint density at radius 3 is 2.78 bits per heavy atom. The lowest BCUT2D eigenvalue weighted by Crippen LogP contribution is -2.03. The van der Waals surface area contributed by atoms with Gasteiger partial charge in [-0.05, 0) is 52.7 Å². The van der Waals surface area contributed by atoms with Crippen LogP contribution >= 0.6 is 15.9 Å². The van der Waals surface area contributed by atoms with E-state index in [0.717, 1.165) is 21.3 Å². The second kappa shape index (κ2) is 6.46. The van der Waals surface area contributed by atoms with Gasteiger partial charge in [-0.25, -0.2) is 0 Å². The molecule has 0 aliphatic carbocycles. The fourth-order valence-corrected chi connectivity index (χ4v) is 3.13. The molecule has 0 spiro atoms. The van der Waals surface area contributed by atoms with E-state index in [2.05, 4.69) is 21.2 Å². The van der Waals surface area contributed by atoms with Gasteiger partial charge in [0.2, 0.25) is 0 Å². The number of halogens is 1. The normalized spacial score (nSPS) is 14.6. The Hall–Kier alpha value is -2.27. The van der Waals surface area contributed by atoms with Crippen LogP contribution in [0.2, 0.25) is 0 Å². The number of carbonyl (C=O) groups excluding carboxylic acids is 1. The van der Waals surface area contributed by atoms with Crippen LogP contribution in [0.3, 0.4) is 0 Å². The molecule has 1 N–H and O–H groups in total. The van der Waals surface area contributed by atoms with E-state index >= 15 is 0 Å². The van der Waals surface area contributed by atoms with Gasteiger partial charge in [0.25, 0.3) is 5.91 Å². The number of nitrogens with one attached hydrogen (secondary N) is 1. The first-order valence-corrected chi connectivity index (χ1v) is 8.06. The minimum Gasteiger partial charge on any atom is -0.493 e. The molecule has 0 saturated heterocycles. The van der Waals surface area contributed by atoms with Crippen molar-refractivity contribution in [1.29, 1.82) is 0 Å². The maximum absolute atomic E-state index is 12.2. The number of rotatable bonds is 4. The summed E-state index contributed by atoms with van der Waals surface area (Å²) in [5.74, 6) is 1.18. The van der Waals surface area contributed by atoms with Crippen molar-refractivity contribution in [3.05, 3.63) is 52.0 Å². The lowest BCUT2D eigenvalue weighted by Gasteiger charge is -2.12. The Bertz CT molecular complexity index is 799. The predicted molar refractivity (Wildman–Crippen MR) is 94.8 cm³/mol. The molecule has 118 valence electrons. The third kappa shape index (κ3) is 2.97. The molecule has 0 bridgehead atoms. The number of fused-ring (bicyclic) bond motifs is 1. The topological polar surface area (TPSA) is 47.6 Å². The zero-order valence-electron chi connectivity index (χ0n) is 12.9. The van der Waals surface area contributed by atoms with Crippen molar-refractivity contribution in [3.63, 3.8) is 0 Å². The molecule has 1 amide bonds. The summed E-state index contributed by atoms with van der Waals surface area (Å²) in [4.78, 5) is 12.2. The number of ether oxygens (including phenoxy) is 2. The quantitative estimate of drug-likeness (QED) is 0.810. The molecule has 1 aliphatic heterocycles. The molecule has 0 unspecified atom stereocenters. The summed E-state index contributed by atoms with van der Waals surface area (Å²) < 4.78 is 11.8. The monoisotopic (exact) mass is 373 g/mol. The van der Waals surface area contributed by atoms with Crippen LogP contribution in [0.15, 0.2) is 40.9 Å². The van der Waals surface area contributed by atoms with E-state index in [1.165, 1.54) is 0 Å². The first-order chi connectivity index (χ1) is 11.1. The van der Waals surface area contributed by atoms with Crippen LogP contribution in [-0.4, -0.2) is 19.6 Å². The van der Waals surface area contributed by atoms with Gasteiger partial charge in [0.05, 0.1) is 18.2 Å². The van der Waals surface area contributed by atoms with Gasteiger partial charge >= 0.3 is 0 Å². The largest absolute Gasteiger partial charge is 0.493 e. The van der Waals surface area contributed by atoms with Crippen molar-refractivity contribution in [2.75, 3.05) is 19.0 Å². The molecular formula is C18H16BrNO3. The lowest BCUT2D eigenvalue weighted by atomic mass is 10.0. The van der Waals surface area contributed by atoms with Gasteiger partial charge in [-0.3, -0.25) is 4.79 Å². The van der Waals surface area contributed by atoms with Crippen molar-refractivity contribution in [2.45, 2.75) is 6.92 Å². The number of methoxy groups -OCH3 is 1. The van der Waals surface area contributed by atoms with Crippen LogP contribution in [0.25, 0.3) is 11.6 Å². The number of carbonyl (C=O) groups is 1.